The number of carbonyl (C=O) groups excluding carboxylic acids is 1. The van der Waals surface area contributed by atoms with E-state index < -0.39 is 20.9 Å². The lowest BCUT2D eigenvalue weighted by Gasteiger charge is -2.10. The minimum absolute atomic E-state index is 0.182. The van der Waals surface area contributed by atoms with E-state index in [1.54, 1.807) is 18.2 Å². The Hall–Kier alpha value is -4.45. The highest BCUT2D eigenvalue weighted by Gasteiger charge is 2.20. The molecule has 168 valence electrons. The van der Waals surface area contributed by atoms with Gasteiger partial charge in [0.2, 0.25) is 0 Å². The minimum Gasteiger partial charge on any atom is -0.322 e. The molecule has 0 atom stereocenters. The quantitative estimate of drug-likeness (QED) is 0.251. The number of fused-ring (bicyclic) bond motifs is 1. The van der Waals surface area contributed by atoms with Crippen molar-refractivity contribution in [2.45, 2.75) is 11.8 Å². The van der Waals surface area contributed by atoms with Crippen LogP contribution < -0.4 is 15.7 Å². The first-order chi connectivity index (χ1) is 15.6. The van der Waals surface area contributed by atoms with Gasteiger partial charge in [0, 0.05) is 28.6 Å². The molecule has 1 aromatic heterocycles. The van der Waals surface area contributed by atoms with E-state index >= 15 is 0 Å². The van der Waals surface area contributed by atoms with Gasteiger partial charge < -0.3 is 15.3 Å². The number of carbonyl (C=O) groups is 1. The van der Waals surface area contributed by atoms with E-state index in [1.807, 2.05) is 0 Å². The predicted molar refractivity (Wildman–Crippen MR) is 122 cm³/mol. The molecule has 0 aliphatic rings. The highest BCUT2D eigenvalue weighted by atomic mass is 32.2. The second-order valence-electron chi connectivity index (χ2n) is 7.18. The van der Waals surface area contributed by atoms with Crippen LogP contribution in [0.1, 0.15) is 15.9 Å². The van der Waals surface area contributed by atoms with Gasteiger partial charge in [0.1, 0.15) is 0 Å². The Morgan fingerprint density at radius 1 is 0.939 bits per heavy atom. The molecule has 0 aliphatic heterocycles. The van der Waals surface area contributed by atoms with Crippen molar-refractivity contribution in [3.63, 3.8) is 0 Å². The van der Waals surface area contributed by atoms with Gasteiger partial charge in [-0.25, -0.2) is 13.2 Å². The summed E-state index contributed by atoms with van der Waals surface area (Å²) >= 11 is 0. The van der Waals surface area contributed by atoms with Crippen molar-refractivity contribution >= 4 is 44.0 Å². The van der Waals surface area contributed by atoms with Gasteiger partial charge >= 0.3 is 5.69 Å². The van der Waals surface area contributed by atoms with Gasteiger partial charge in [-0.2, -0.15) is 0 Å². The van der Waals surface area contributed by atoms with Crippen LogP contribution in [-0.4, -0.2) is 29.2 Å². The van der Waals surface area contributed by atoms with Gasteiger partial charge in [-0.05, 0) is 55.5 Å². The molecule has 0 radical (unpaired) electrons. The van der Waals surface area contributed by atoms with E-state index in [9.17, 15) is 28.1 Å². The van der Waals surface area contributed by atoms with Gasteiger partial charge in [0.15, 0.2) is 0 Å². The fourth-order valence-corrected chi connectivity index (χ4v) is 4.25. The molecule has 4 aromatic rings. The van der Waals surface area contributed by atoms with E-state index in [0.29, 0.717) is 22.3 Å². The van der Waals surface area contributed by atoms with E-state index in [-0.39, 0.29) is 27.5 Å². The second-order valence-corrected chi connectivity index (χ2v) is 8.86. The number of hydrogen-bond acceptors (Lipinski definition) is 6. The fraction of sp³-hybridized carbons (Fsp3) is 0.0476. The van der Waals surface area contributed by atoms with Crippen LogP contribution in [0.3, 0.4) is 0 Å². The Morgan fingerprint density at radius 3 is 2.30 bits per heavy atom. The maximum absolute atomic E-state index is 12.6. The SMILES string of the molecule is Cc1ccc(S(=O)(=O)Nc2ccc(C(=O)Nc3ccc4[nH]c(=O)[nH]c4c3)cc2)cc1[N+](=O)[O-]. The molecule has 0 fully saturated rings. The van der Waals surface area contributed by atoms with Gasteiger partial charge in [0.05, 0.1) is 20.9 Å². The maximum Gasteiger partial charge on any atom is 0.323 e. The standard InChI is InChI=1S/C21H17N5O6S/c1-12-2-8-16(11-19(12)26(29)30)33(31,32)25-14-5-3-13(4-6-14)20(27)22-15-7-9-17-18(10-15)24-21(28)23-17/h2-11,25H,1H3,(H,22,27)(H2,23,24,28). The summed E-state index contributed by atoms with van der Waals surface area (Å²) < 4.78 is 27.6. The average molecular weight is 467 g/mol. The van der Waals surface area contributed by atoms with Crippen molar-refractivity contribution in [2.75, 3.05) is 10.0 Å². The van der Waals surface area contributed by atoms with Crippen molar-refractivity contribution in [2.24, 2.45) is 0 Å². The van der Waals surface area contributed by atoms with Gasteiger partial charge in [-0.15, -0.1) is 0 Å². The third kappa shape index (κ3) is 4.60. The molecule has 0 saturated heterocycles. The normalized spacial score (nSPS) is 11.3. The molecule has 33 heavy (non-hydrogen) atoms. The zero-order valence-corrected chi connectivity index (χ0v) is 17.9. The number of aryl methyl sites for hydroxylation is 1. The van der Waals surface area contributed by atoms with Crippen LogP contribution in [0.25, 0.3) is 11.0 Å². The average Bonchev–Trinajstić information content (AvgIpc) is 3.13. The highest BCUT2D eigenvalue weighted by molar-refractivity contribution is 7.92. The summed E-state index contributed by atoms with van der Waals surface area (Å²) in [5, 5.41) is 13.8. The molecule has 1 amide bonds. The number of aromatic nitrogens is 2. The molecule has 0 spiro atoms. The van der Waals surface area contributed by atoms with Gasteiger partial charge in [-0.3, -0.25) is 19.6 Å². The molecule has 12 heteroatoms. The molecule has 3 aromatic carbocycles. The number of benzene rings is 3. The first-order valence-electron chi connectivity index (χ1n) is 9.54. The number of nitro groups is 1. The summed E-state index contributed by atoms with van der Waals surface area (Å²) in [4.78, 5) is 39.3. The summed E-state index contributed by atoms with van der Waals surface area (Å²) in [5.41, 5.74) is 1.75. The van der Waals surface area contributed by atoms with E-state index in [4.69, 9.17) is 0 Å². The molecule has 4 N–H and O–H groups in total. The third-order valence-corrected chi connectivity index (χ3v) is 6.24. The van der Waals surface area contributed by atoms with Crippen molar-refractivity contribution in [3.05, 3.63) is 92.4 Å². The molecular formula is C21H17N5O6S. The summed E-state index contributed by atoms with van der Waals surface area (Å²) in [6, 6.07) is 14.2. The Morgan fingerprint density at radius 2 is 1.61 bits per heavy atom. The number of hydrogen-bond donors (Lipinski definition) is 4. The molecule has 1 heterocycles. The predicted octanol–water partition coefficient (Wildman–Crippen LogP) is 3.13. The number of anilines is 2. The Bertz CT molecular complexity index is 1550. The van der Waals surface area contributed by atoms with E-state index in [0.717, 1.165) is 6.07 Å². The lowest BCUT2D eigenvalue weighted by molar-refractivity contribution is -0.385. The minimum atomic E-state index is -4.07. The summed E-state index contributed by atoms with van der Waals surface area (Å²) in [5.74, 6) is -0.434. The van der Waals surface area contributed by atoms with Crippen LogP contribution in [-0.2, 0) is 10.0 Å². The number of aromatic amines is 2. The van der Waals surface area contributed by atoms with Crippen molar-refractivity contribution in [1.29, 1.82) is 0 Å². The second kappa shape index (κ2) is 8.24. The highest BCUT2D eigenvalue weighted by Crippen LogP contribution is 2.24. The van der Waals surface area contributed by atoms with Crippen LogP contribution in [0.4, 0.5) is 17.1 Å². The van der Waals surface area contributed by atoms with Crippen LogP contribution in [0.5, 0.6) is 0 Å². The van der Waals surface area contributed by atoms with Crippen molar-refractivity contribution in [3.8, 4) is 0 Å². The van der Waals surface area contributed by atoms with Gasteiger partial charge in [0.25, 0.3) is 21.6 Å². The number of nitro benzene ring substituents is 1. The zero-order chi connectivity index (χ0) is 23.8. The lowest BCUT2D eigenvalue weighted by atomic mass is 10.2. The fourth-order valence-electron chi connectivity index (χ4n) is 3.17. The first kappa shape index (κ1) is 21.8. The molecule has 0 unspecified atom stereocenters. The van der Waals surface area contributed by atoms with Crippen LogP contribution in [0.15, 0.2) is 70.4 Å². The summed E-state index contributed by atoms with van der Waals surface area (Å²) in [6.07, 6.45) is 0. The Kier molecular flexibility index (Phi) is 5.44. The van der Waals surface area contributed by atoms with Crippen LogP contribution >= 0.6 is 0 Å². The van der Waals surface area contributed by atoms with Crippen molar-refractivity contribution < 1.29 is 18.1 Å². The van der Waals surface area contributed by atoms with Crippen LogP contribution in [0, 0.1) is 17.0 Å². The van der Waals surface area contributed by atoms with E-state index in [2.05, 4.69) is 20.0 Å². The molecule has 0 saturated carbocycles. The summed E-state index contributed by atoms with van der Waals surface area (Å²) in [7, 11) is -4.07. The zero-order valence-electron chi connectivity index (χ0n) is 17.1. The number of H-pyrrole nitrogens is 2. The maximum atomic E-state index is 12.6. The smallest absolute Gasteiger partial charge is 0.322 e. The lowest BCUT2D eigenvalue weighted by Crippen LogP contribution is -2.14. The number of nitrogens with zero attached hydrogens (tertiary/aromatic N) is 1. The first-order valence-corrected chi connectivity index (χ1v) is 11.0. The van der Waals surface area contributed by atoms with Crippen molar-refractivity contribution in [1.82, 2.24) is 9.97 Å². The third-order valence-electron chi connectivity index (χ3n) is 4.86. The van der Waals surface area contributed by atoms with E-state index in [1.165, 1.54) is 43.3 Å². The Labute approximate surface area is 186 Å². The Balaban J connectivity index is 1.49. The topological polar surface area (TPSA) is 167 Å². The molecule has 11 nitrogen and oxygen atoms in total. The number of rotatable bonds is 6. The molecule has 0 bridgehead atoms. The summed E-state index contributed by atoms with van der Waals surface area (Å²) in [6.45, 7) is 1.52. The molecule has 0 aliphatic carbocycles. The number of sulfonamides is 1. The number of nitrogens with one attached hydrogen (secondary N) is 4. The monoisotopic (exact) mass is 467 g/mol. The van der Waals surface area contributed by atoms with Gasteiger partial charge in [-0.1, -0.05) is 6.07 Å². The molecule has 4 rings (SSSR count). The molecular weight excluding hydrogens is 450 g/mol. The van der Waals surface area contributed by atoms with Crippen LogP contribution in [0.2, 0.25) is 0 Å². The number of amides is 1. The number of imidazole rings is 1. The largest absolute Gasteiger partial charge is 0.323 e.